The second kappa shape index (κ2) is 14.5. The molecule has 1 aromatic carbocycles. The standard InChI is InChI=1S/C8H10O.C2H6O.CH5N/c1-2-9-8-6-4-3-5-7-8;1-3-2;1-2/h3-7H,2H2,1H3;1-2H3;2H2,1H3. The van der Waals surface area contributed by atoms with E-state index in [2.05, 4.69) is 10.5 Å². The zero-order valence-corrected chi connectivity index (χ0v) is 9.49. The summed E-state index contributed by atoms with van der Waals surface area (Å²) < 4.78 is 9.46. The second-order valence-electron chi connectivity index (χ2n) is 2.15. The van der Waals surface area contributed by atoms with Crippen molar-refractivity contribution in [1.82, 2.24) is 0 Å². The minimum atomic E-state index is 0.740. The van der Waals surface area contributed by atoms with Gasteiger partial charge in [0.15, 0.2) is 0 Å². The fourth-order valence-corrected chi connectivity index (χ4v) is 0.683. The molecular formula is C11H21NO2. The van der Waals surface area contributed by atoms with E-state index >= 15 is 0 Å². The number of hydrogen-bond donors (Lipinski definition) is 1. The Morgan fingerprint density at radius 3 is 1.86 bits per heavy atom. The third-order valence-electron chi connectivity index (χ3n) is 1.05. The SMILES string of the molecule is CCOc1ccccc1.CN.COC. The number of nitrogens with two attached hydrogens (primary N) is 1. The van der Waals surface area contributed by atoms with Crippen LogP contribution in [-0.4, -0.2) is 27.9 Å². The first-order valence-electron chi connectivity index (χ1n) is 4.50. The number of rotatable bonds is 2. The summed E-state index contributed by atoms with van der Waals surface area (Å²) in [7, 11) is 4.75. The maximum atomic E-state index is 5.21. The van der Waals surface area contributed by atoms with Gasteiger partial charge in [-0.05, 0) is 26.1 Å². The molecule has 82 valence electrons. The van der Waals surface area contributed by atoms with Crippen LogP contribution in [0.25, 0.3) is 0 Å². The van der Waals surface area contributed by atoms with Gasteiger partial charge in [-0.15, -0.1) is 0 Å². The number of methoxy groups -OCH3 is 1. The molecule has 0 aliphatic rings. The molecule has 0 saturated heterocycles. The molecule has 0 fully saturated rings. The van der Waals surface area contributed by atoms with E-state index in [-0.39, 0.29) is 0 Å². The van der Waals surface area contributed by atoms with Crippen molar-refractivity contribution in [1.29, 1.82) is 0 Å². The largest absolute Gasteiger partial charge is 0.494 e. The summed E-state index contributed by atoms with van der Waals surface area (Å²) >= 11 is 0. The molecule has 1 aromatic rings. The third kappa shape index (κ3) is 10.9. The number of hydrogen-bond acceptors (Lipinski definition) is 3. The molecule has 0 radical (unpaired) electrons. The second-order valence-corrected chi connectivity index (χ2v) is 2.15. The van der Waals surface area contributed by atoms with Crippen LogP contribution < -0.4 is 10.5 Å². The first-order valence-corrected chi connectivity index (χ1v) is 4.50. The fourth-order valence-electron chi connectivity index (χ4n) is 0.683. The van der Waals surface area contributed by atoms with Crippen LogP contribution in [-0.2, 0) is 4.74 Å². The predicted molar refractivity (Wildman–Crippen MR) is 60.7 cm³/mol. The van der Waals surface area contributed by atoms with Gasteiger partial charge in [0.1, 0.15) is 5.75 Å². The van der Waals surface area contributed by atoms with E-state index in [1.165, 1.54) is 7.05 Å². The van der Waals surface area contributed by atoms with Crippen LogP contribution >= 0.6 is 0 Å². The fraction of sp³-hybridized carbons (Fsp3) is 0.455. The van der Waals surface area contributed by atoms with Crippen molar-refractivity contribution in [2.45, 2.75) is 6.92 Å². The summed E-state index contributed by atoms with van der Waals surface area (Å²) in [5.41, 5.74) is 4.50. The first-order chi connectivity index (χ1) is 6.85. The number of para-hydroxylation sites is 1. The molecule has 0 aliphatic carbocycles. The van der Waals surface area contributed by atoms with Gasteiger partial charge in [-0.3, -0.25) is 0 Å². The van der Waals surface area contributed by atoms with Crippen molar-refractivity contribution in [2.75, 3.05) is 27.9 Å². The van der Waals surface area contributed by atoms with Crippen LogP contribution in [0, 0.1) is 0 Å². The van der Waals surface area contributed by atoms with Gasteiger partial charge in [0.2, 0.25) is 0 Å². The Balaban J connectivity index is 0. The zero-order valence-electron chi connectivity index (χ0n) is 9.49. The molecule has 0 bridgehead atoms. The van der Waals surface area contributed by atoms with E-state index in [9.17, 15) is 0 Å². The van der Waals surface area contributed by atoms with Crippen molar-refractivity contribution < 1.29 is 9.47 Å². The van der Waals surface area contributed by atoms with Gasteiger partial charge in [-0.25, -0.2) is 0 Å². The molecule has 0 saturated carbocycles. The summed E-state index contributed by atoms with van der Waals surface area (Å²) in [5.74, 6) is 0.944. The lowest BCUT2D eigenvalue weighted by molar-refractivity contribution is 0.277. The molecule has 0 aromatic heterocycles. The summed E-state index contributed by atoms with van der Waals surface area (Å²) in [6.07, 6.45) is 0. The highest BCUT2D eigenvalue weighted by atomic mass is 16.5. The number of benzene rings is 1. The highest BCUT2D eigenvalue weighted by Crippen LogP contribution is 2.06. The van der Waals surface area contributed by atoms with E-state index in [4.69, 9.17) is 4.74 Å². The van der Waals surface area contributed by atoms with Crippen LogP contribution in [0.3, 0.4) is 0 Å². The zero-order chi connectivity index (χ0) is 11.2. The lowest BCUT2D eigenvalue weighted by Crippen LogP contribution is -1.89. The van der Waals surface area contributed by atoms with Gasteiger partial charge in [0.05, 0.1) is 6.61 Å². The normalized spacial score (nSPS) is 7.50. The summed E-state index contributed by atoms with van der Waals surface area (Å²) in [6, 6.07) is 9.80. The van der Waals surface area contributed by atoms with Crippen LogP contribution in [0.1, 0.15) is 6.92 Å². The summed E-state index contributed by atoms with van der Waals surface area (Å²) in [4.78, 5) is 0. The van der Waals surface area contributed by atoms with E-state index < -0.39 is 0 Å². The molecule has 2 N–H and O–H groups in total. The Morgan fingerprint density at radius 2 is 1.50 bits per heavy atom. The predicted octanol–water partition coefficient (Wildman–Crippen LogP) is 1.92. The average Bonchev–Trinajstić information content (AvgIpc) is 2.24. The highest BCUT2D eigenvalue weighted by Gasteiger charge is 1.83. The topological polar surface area (TPSA) is 44.5 Å². The van der Waals surface area contributed by atoms with Crippen molar-refractivity contribution in [3.63, 3.8) is 0 Å². The Hall–Kier alpha value is -1.06. The van der Waals surface area contributed by atoms with Crippen molar-refractivity contribution in [3.05, 3.63) is 30.3 Å². The monoisotopic (exact) mass is 199 g/mol. The molecule has 3 nitrogen and oxygen atoms in total. The van der Waals surface area contributed by atoms with Crippen LogP contribution in [0.15, 0.2) is 30.3 Å². The number of ether oxygens (including phenoxy) is 2. The summed E-state index contributed by atoms with van der Waals surface area (Å²) in [5, 5.41) is 0. The molecule has 1 rings (SSSR count). The Bertz CT molecular complexity index is 178. The van der Waals surface area contributed by atoms with E-state index in [1.54, 1.807) is 14.2 Å². The molecule has 0 atom stereocenters. The van der Waals surface area contributed by atoms with Crippen molar-refractivity contribution >= 4 is 0 Å². The van der Waals surface area contributed by atoms with Crippen molar-refractivity contribution in [2.24, 2.45) is 5.73 Å². The van der Waals surface area contributed by atoms with E-state index in [0.29, 0.717) is 0 Å². The van der Waals surface area contributed by atoms with E-state index in [0.717, 1.165) is 12.4 Å². The van der Waals surface area contributed by atoms with Gasteiger partial charge < -0.3 is 15.2 Å². The Labute approximate surface area is 86.8 Å². The molecule has 0 amide bonds. The molecule has 0 heterocycles. The lowest BCUT2D eigenvalue weighted by atomic mass is 10.3. The minimum absolute atomic E-state index is 0.740. The van der Waals surface area contributed by atoms with Crippen LogP contribution in [0.4, 0.5) is 0 Å². The average molecular weight is 199 g/mol. The maximum Gasteiger partial charge on any atom is 0.119 e. The Kier molecular flexibility index (Phi) is 15.9. The molecule has 0 spiro atoms. The smallest absolute Gasteiger partial charge is 0.119 e. The first kappa shape index (κ1) is 15.4. The van der Waals surface area contributed by atoms with Gasteiger partial charge in [0.25, 0.3) is 0 Å². The van der Waals surface area contributed by atoms with Gasteiger partial charge >= 0.3 is 0 Å². The quantitative estimate of drug-likeness (QED) is 0.791. The molecule has 0 aliphatic heterocycles. The maximum absolute atomic E-state index is 5.21. The highest BCUT2D eigenvalue weighted by molar-refractivity contribution is 5.20. The van der Waals surface area contributed by atoms with Gasteiger partial charge in [-0.1, -0.05) is 18.2 Å². The van der Waals surface area contributed by atoms with E-state index in [1.807, 2.05) is 37.3 Å². The Morgan fingerprint density at radius 1 is 1.07 bits per heavy atom. The van der Waals surface area contributed by atoms with Gasteiger partial charge in [-0.2, -0.15) is 0 Å². The third-order valence-corrected chi connectivity index (χ3v) is 1.05. The van der Waals surface area contributed by atoms with Crippen molar-refractivity contribution in [3.8, 4) is 5.75 Å². The molecule has 14 heavy (non-hydrogen) atoms. The lowest BCUT2D eigenvalue weighted by Gasteiger charge is -1.99. The van der Waals surface area contributed by atoms with Crippen LogP contribution in [0.5, 0.6) is 5.75 Å². The molecule has 3 heteroatoms. The molecular weight excluding hydrogens is 178 g/mol. The molecule has 0 unspecified atom stereocenters. The minimum Gasteiger partial charge on any atom is -0.494 e. The van der Waals surface area contributed by atoms with Crippen LogP contribution in [0.2, 0.25) is 0 Å². The van der Waals surface area contributed by atoms with Gasteiger partial charge in [0, 0.05) is 14.2 Å². The summed E-state index contributed by atoms with van der Waals surface area (Å²) in [6.45, 7) is 2.72.